The van der Waals surface area contributed by atoms with E-state index in [2.05, 4.69) is 5.92 Å². The van der Waals surface area contributed by atoms with Crippen LogP contribution >= 0.6 is 0 Å². The predicted molar refractivity (Wildman–Crippen MR) is 57.6 cm³/mol. The van der Waals surface area contributed by atoms with Crippen LogP contribution in [0.2, 0.25) is 0 Å². The monoisotopic (exact) mass is 197 g/mol. The summed E-state index contributed by atoms with van der Waals surface area (Å²) in [6.45, 7) is 1.50. The number of amides is 1. The first-order valence-electron chi connectivity index (χ1n) is 4.57. The van der Waals surface area contributed by atoms with Crippen molar-refractivity contribution in [3.63, 3.8) is 0 Å². The Kier molecular flexibility index (Phi) is 5.93. The quantitative estimate of drug-likeness (QED) is 0.596. The third-order valence-corrected chi connectivity index (χ3v) is 1.91. The highest BCUT2D eigenvalue weighted by molar-refractivity contribution is 5.81. The molecule has 0 fully saturated rings. The highest BCUT2D eigenvalue weighted by Crippen LogP contribution is 1.94. The fraction of sp³-hybridized carbons (Fsp3) is 0.700. The molecular formula is C10H19N3O. The summed E-state index contributed by atoms with van der Waals surface area (Å²) in [6.07, 6.45) is 5.38. The second-order valence-corrected chi connectivity index (χ2v) is 3.58. The van der Waals surface area contributed by atoms with Gasteiger partial charge in [-0.2, -0.15) is 0 Å². The predicted octanol–water partition coefficient (Wildman–Crippen LogP) is -0.643. The Morgan fingerprint density at radius 2 is 2.00 bits per heavy atom. The summed E-state index contributed by atoms with van der Waals surface area (Å²) in [6, 6.07) is -0.563. The van der Waals surface area contributed by atoms with E-state index in [1.54, 1.807) is 11.9 Å². The average Bonchev–Trinajstić information content (AvgIpc) is 2.13. The van der Waals surface area contributed by atoms with E-state index >= 15 is 0 Å². The SMILES string of the molecule is C#CCC(N)C(=O)N(C)CCN(C)C. The molecule has 0 aliphatic heterocycles. The lowest BCUT2D eigenvalue weighted by atomic mass is 10.2. The van der Waals surface area contributed by atoms with Crippen molar-refractivity contribution in [3.05, 3.63) is 0 Å². The van der Waals surface area contributed by atoms with E-state index in [0.717, 1.165) is 6.54 Å². The summed E-state index contributed by atoms with van der Waals surface area (Å²) in [5.41, 5.74) is 5.59. The lowest BCUT2D eigenvalue weighted by molar-refractivity contribution is -0.131. The molecule has 0 aromatic heterocycles. The highest BCUT2D eigenvalue weighted by Gasteiger charge is 2.16. The summed E-state index contributed by atoms with van der Waals surface area (Å²) in [5, 5.41) is 0. The van der Waals surface area contributed by atoms with Gasteiger partial charge >= 0.3 is 0 Å². The largest absolute Gasteiger partial charge is 0.343 e. The fourth-order valence-corrected chi connectivity index (χ4v) is 0.958. The molecule has 1 atom stereocenters. The van der Waals surface area contributed by atoms with Crippen LogP contribution < -0.4 is 5.73 Å². The molecule has 0 radical (unpaired) electrons. The zero-order valence-corrected chi connectivity index (χ0v) is 9.16. The Labute approximate surface area is 86.0 Å². The molecular weight excluding hydrogens is 178 g/mol. The van der Waals surface area contributed by atoms with Crippen molar-refractivity contribution in [2.45, 2.75) is 12.5 Å². The number of terminal acetylenes is 1. The molecule has 0 aliphatic rings. The maximum Gasteiger partial charge on any atom is 0.240 e. The summed E-state index contributed by atoms with van der Waals surface area (Å²) in [7, 11) is 5.65. The van der Waals surface area contributed by atoms with Crippen LogP contribution in [-0.2, 0) is 4.79 Å². The van der Waals surface area contributed by atoms with E-state index in [9.17, 15) is 4.79 Å². The second kappa shape index (κ2) is 6.41. The van der Waals surface area contributed by atoms with Crippen LogP contribution in [-0.4, -0.2) is 56.0 Å². The Morgan fingerprint density at radius 3 is 2.43 bits per heavy atom. The van der Waals surface area contributed by atoms with Crippen molar-refractivity contribution in [2.75, 3.05) is 34.2 Å². The number of carbonyl (C=O) groups is 1. The standard InChI is InChI=1S/C10H19N3O/c1-5-6-9(11)10(14)13(4)8-7-12(2)3/h1,9H,6-8,11H2,2-4H3. The van der Waals surface area contributed by atoms with Crippen LogP contribution in [0.25, 0.3) is 0 Å². The highest BCUT2D eigenvalue weighted by atomic mass is 16.2. The van der Waals surface area contributed by atoms with E-state index in [1.807, 2.05) is 19.0 Å². The zero-order valence-electron chi connectivity index (χ0n) is 9.16. The molecule has 1 unspecified atom stereocenters. The molecule has 0 aromatic rings. The van der Waals surface area contributed by atoms with Gasteiger partial charge in [0.05, 0.1) is 6.04 Å². The van der Waals surface area contributed by atoms with Gasteiger partial charge in [0.15, 0.2) is 0 Å². The number of hydrogen-bond acceptors (Lipinski definition) is 3. The second-order valence-electron chi connectivity index (χ2n) is 3.58. The van der Waals surface area contributed by atoms with Crippen molar-refractivity contribution in [2.24, 2.45) is 5.73 Å². The van der Waals surface area contributed by atoms with E-state index < -0.39 is 6.04 Å². The van der Waals surface area contributed by atoms with Gasteiger partial charge in [0.2, 0.25) is 5.91 Å². The topological polar surface area (TPSA) is 49.6 Å². The summed E-state index contributed by atoms with van der Waals surface area (Å²) < 4.78 is 0. The molecule has 1 amide bonds. The van der Waals surface area contributed by atoms with Gasteiger partial charge in [-0.05, 0) is 14.1 Å². The molecule has 0 heterocycles. The first-order valence-corrected chi connectivity index (χ1v) is 4.57. The molecule has 0 aromatic carbocycles. The van der Waals surface area contributed by atoms with Gasteiger partial charge in [0.25, 0.3) is 0 Å². The maximum absolute atomic E-state index is 11.5. The van der Waals surface area contributed by atoms with Crippen LogP contribution in [0.5, 0.6) is 0 Å². The van der Waals surface area contributed by atoms with Gasteiger partial charge < -0.3 is 15.5 Å². The van der Waals surface area contributed by atoms with Gasteiger partial charge in [-0.3, -0.25) is 4.79 Å². The summed E-state index contributed by atoms with van der Waals surface area (Å²) in [4.78, 5) is 15.2. The smallest absolute Gasteiger partial charge is 0.240 e. The Hall–Kier alpha value is -1.05. The molecule has 14 heavy (non-hydrogen) atoms. The van der Waals surface area contributed by atoms with Gasteiger partial charge in [0, 0.05) is 26.6 Å². The minimum absolute atomic E-state index is 0.0928. The van der Waals surface area contributed by atoms with Gasteiger partial charge in [-0.1, -0.05) is 0 Å². The van der Waals surface area contributed by atoms with E-state index in [1.165, 1.54) is 0 Å². The number of nitrogens with zero attached hydrogens (tertiary/aromatic N) is 2. The number of carbonyl (C=O) groups excluding carboxylic acids is 1. The molecule has 2 N–H and O–H groups in total. The molecule has 4 heteroatoms. The van der Waals surface area contributed by atoms with Gasteiger partial charge in [0.1, 0.15) is 0 Å². The fourth-order valence-electron chi connectivity index (χ4n) is 0.958. The number of rotatable bonds is 5. The van der Waals surface area contributed by atoms with Crippen molar-refractivity contribution in [1.29, 1.82) is 0 Å². The van der Waals surface area contributed by atoms with Crippen LogP contribution in [0.1, 0.15) is 6.42 Å². The van der Waals surface area contributed by atoms with Crippen molar-refractivity contribution >= 4 is 5.91 Å². The Balaban J connectivity index is 3.93. The molecule has 0 aliphatic carbocycles. The normalized spacial score (nSPS) is 12.3. The molecule has 4 nitrogen and oxygen atoms in total. The summed E-state index contributed by atoms with van der Waals surface area (Å²) in [5.74, 6) is 2.29. The van der Waals surface area contributed by atoms with Crippen LogP contribution in [0.4, 0.5) is 0 Å². The first-order chi connectivity index (χ1) is 6.49. The lowest BCUT2D eigenvalue weighted by Crippen LogP contribution is -2.43. The lowest BCUT2D eigenvalue weighted by Gasteiger charge is -2.22. The third kappa shape index (κ3) is 4.85. The van der Waals surface area contributed by atoms with Crippen LogP contribution in [0.15, 0.2) is 0 Å². The van der Waals surface area contributed by atoms with E-state index in [-0.39, 0.29) is 5.91 Å². The zero-order chi connectivity index (χ0) is 11.1. The van der Waals surface area contributed by atoms with E-state index in [4.69, 9.17) is 12.2 Å². The van der Waals surface area contributed by atoms with Crippen LogP contribution in [0, 0.1) is 12.3 Å². The molecule has 0 bridgehead atoms. The molecule has 80 valence electrons. The van der Waals surface area contributed by atoms with Gasteiger partial charge in [-0.25, -0.2) is 0 Å². The molecule has 0 saturated carbocycles. The van der Waals surface area contributed by atoms with Crippen molar-refractivity contribution in [3.8, 4) is 12.3 Å². The maximum atomic E-state index is 11.5. The minimum atomic E-state index is -0.563. The number of nitrogens with two attached hydrogens (primary N) is 1. The first kappa shape index (κ1) is 12.9. The van der Waals surface area contributed by atoms with Crippen molar-refractivity contribution in [1.82, 2.24) is 9.80 Å². The molecule has 0 spiro atoms. The van der Waals surface area contributed by atoms with Crippen LogP contribution in [0.3, 0.4) is 0 Å². The van der Waals surface area contributed by atoms with E-state index in [0.29, 0.717) is 13.0 Å². The van der Waals surface area contributed by atoms with Crippen molar-refractivity contribution < 1.29 is 4.79 Å². The number of likely N-dealkylation sites (N-methyl/N-ethyl adjacent to an activating group) is 2. The number of hydrogen-bond donors (Lipinski definition) is 1. The van der Waals surface area contributed by atoms with Gasteiger partial charge in [-0.15, -0.1) is 12.3 Å². The average molecular weight is 197 g/mol. The summed E-state index contributed by atoms with van der Waals surface area (Å²) >= 11 is 0. The molecule has 0 saturated heterocycles. The Morgan fingerprint density at radius 1 is 1.43 bits per heavy atom. The third-order valence-electron chi connectivity index (χ3n) is 1.91. The molecule has 0 rings (SSSR count). The minimum Gasteiger partial charge on any atom is -0.343 e. The Bertz CT molecular complexity index is 220.